The fraction of sp³-hybridized carbons (Fsp3) is 0. The summed E-state index contributed by atoms with van der Waals surface area (Å²) in [7, 11) is 0. The van der Waals surface area contributed by atoms with Crippen molar-refractivity contribution in [2.75, 3.05) is 5.32 Å². The molecule has 0 aliphatic heterocycles. The molecular weight excluding hydrogens is 250 g/mol. The van der Waals surface area contributed by atoms with E-state index in [4.69, 9.17) is 5.26 Å². The minimum atomic E-state index is -0.723. The molecule has 5 heteroatoms. The molecule has 2 rings (SSSR count). The quantitative estimate of drug-likeness (QED) is 0.899. The second-order valence-electron chi connectivity index (χ2n) is 3.74. The number of halogens is 2. The van der Waals surface area contributed by atoms with Gasteiger partial charge in [0, 0.05) is 5.56 Å². The number of benzene rings is 2. The SMILES string of the molecule is N#Cc1c(F)cccc1NC(=O)c1cccc(F)c1. The van der Waals surface area contributed by atoms with Gasteiger partial charge >= 0.3 is 0 Å². The lowest BCUT2D eigenvalue weighted by atomic mass is 10.1. The number of carbonyl (C=O) groups excluding carboxylic acids is 1. The van der Waals surface area contributed by atoms with Crippen molar-refractivity contribution in [1.29, 1.82) is 5.26 Å². The van der Waals surface area contributed by atoms with E-state index in [9.17, 15) is 13.6 Å². The average molecular weight is 258 g/mol. The Morgan fingerprint density at radius 3 is 2.58 bits per heavy atom. The smallest absolute Gasteiger partial charge is 0.255 e. The van der Waals surface area contributed by atoms with Gasteiger partial charge in [0.05, 0.1) is 5.69 Å². The third-order valence-corrected chi connectivity index (χ3v) is 2.46. The average Bonchev–Trinajstić information content (AvgIpc) is 2.39. The first-order chi connectivity index (χ1) is 9.11. The molecule has 0 saturated heterocycles. The van der Waals surface area contributed by atoms with E-state index in [0.29, 0.717) is 0 Å². The van der Waals surface area contributed by atoms with Crippen LogP contribution in [0.5, 0.6) is 0 Å². The molecule has 0 unspecified atom stereocenters. The van der Waals surface area contributed by atoms with E-state index in [2.05, 4.69) is 5.32 Å². The van der Waals surface area contributed by atoms with Crippen LogP contribution < -0.4 is 5.32 Å². The first-order valence-electron chi connectivity index (χ1n) is 5.37. The van der Waals surface area contributed by atoms with Crippen LogP contribution in [-0.2, 0) is 0 Å². The highest BCUT2D eigenvalue weighted by Crippen LogP contribution is 2.18. The second kappa shape index (κ2) is 5.27. The van der Waals surface area contributed by atoms with Crippen molar-refractivity contribution in [2.24, 2.45) is 0 Å². The first-order valence-corrected chi connectivity index (χ1v) is 5.37. The van der Waals surface area contributed by atoms with Crippen LogP contribution in [0.15, 0.2) is 42.5 Å². The zero-order valence-corrected chi connectivity index (χ0v) is 9.65. The third-order valence-electron chi connectivity index (χ3n) is 2.46. The van der Waals surface area contributed by atoms with Gasteiger partial charge in [-0.05, 0) is 30.3 Å². The van der Waals surface area contributed by atoms with E-state index in [1.807, 2.05) is 0 Å². The van der Waals surface area contributed by atoms with Crippen molar-refractivity contribution in [3.8, 4) is 6.07 Å². The van der Waals surface area contributed by atoms with Crippen molar-refractivity contribution in [1.82, 2.24) is 0 Å². The van der Waals surface area contributed by atoms with E-state index in [0.717, 1.165) is 12.1 Å². The molecule has 0 aromatic heterocycles. The maximum absolute atomic E-state index is 13.3. The zero-order chi connectivity index (χ0) is 13.8. The van der Waals surface area contributed by atoms with Gasteiger partial charge in [-0.15, -0.1) is 0 Å². The molecule has 0 spiro atoms. The molecule has 0 heterocycles. The summed E-state index contributed by atoms with van der Waals surface area (Å²) in [6, 6.07) is 10.6. The zero-order valence-electron chi connectivity index (χ0n) is 9.65. The number of hydrogen-bond donors (Lipinski definition) is 1. The van der Waals surface area contributed by atoms with Crippen LogP contribution in [0.2, 0.25) is 0 Å². The number of nitriles is 1. The van der Waals surface area contributed by atoms with Gasteiger partial charge < -0.3 is 5.32 Å². The van der Waals surface area contributed by atoms with Crippen molar-refractivity contribution in [3.05, 3.63) is 65.2 Å². The Morgan fingerprint density at radius 2 is 1.89 bits per heavy atom. The highest BCUT2D eigenvalue weighted by Gasteiger charge is 2.12. The Labute approximate surface area is 108 Å². The summed E-state index contributed by atoms with van der Waals surface area (Å²) in [6.07, 6.45) is 0. The van der Waals surface area contributed by atoms with Crippen LogP contribution in [0.3, 0.4) is 0 Å². The van der Waals surface area contributed by atoms with Gasteiger partial charge in [0.15, 0.2) is 0 Å². The van der Waals surface area contributed by atoms with E-state index >= 15 is 0 Å². The number of hydrogen-bond acceptors (Lipinski definition) is 2. The van der Waals surface area contributed by atoms with Crippen LogP contribution in [0.1, 0.15) is 15.9 Å². The predicted octanol–water partition coefficient (Wildman–Crippen LogP) is 3.09. The van der Waals surface area contributed by atoms with Crippen LogP contribution in [-0.4, -0.2) is 5.91 Å². The topological polar surface area (TPSA) is 52.9 Å². The third kappa shape index (κ3) is 2.75. The lowest BCUT2D eigenvalue weighted by molar-refractivity contribution is 0.102. The number of nitrogens with zero attached hydrogens (tertiary/aromatic N) is 1. The summed E-state index contributed by atoms with van der Waals surface area (Å²) >= 11 is 0. The number of amides is 1. The first kappa shape index (κ1) is 12.7. The van der Waals surface area contributed by atoms with Gasteiger partial charge in [-0.3, -0.25) is 4.79 Å². The summed E-state index contributed by atoms with van der Waals surface area (Å²) in [4.78, 5) is 11.8. The molecule has 0 radical (unpaired) electrons. The minimum Gasteiger partial charge on any atom is -0.321 e. The summed E-state index contributed by atoms with van der Waals surface area (Å²) in [5, 5.41) is 11.2. The van der Waals surface area contributed by atoms with Gasteiger partial charge in [-0.1, -0.05) is 12.1 Å². The Balaban J connectivity index is 2.30. The minimum absolute atomic E-state index is 0.0526. The molecule has 1 N–H and O–H groups in total. The summed E-state index contributed by atoms with van der Waals surface area (Å²) in [5.41, 5.74) is -0.114. The van der Waals surface area contributed by atoms with Gasteiger partial charge in [-0.2, -0.15) is 5.26 Å². The number of rotatable bonds is 2. The molecule has 0 atom stereocenters. The molecule has 0 aliphatic rings. The standard InChI is InChI=1S/C14H8F2N2O/c15-10-4-1-3-9(7-10)14(19)18-13-6-2-5-12(16)11(13)8-17/h1-7H,(H,18,19). The van der Waals surface area contributed by atoms with Crippen LogP contribution in [0.4, 0.5) is 14.5 Å². The van der Waals surface area contributed by atoms with Crippen molar-refractivity contribution in [3.63, 3.8) is 0 Å². The Morgan fingerprint density at radius 1 is 1.16 bits per heavy atom. The van der Waals surface area contributed by atoms with Gasteiger partial charge in [0.25, 0.3) is 5.91 Å². The maximum Gasteiger partial charge on any atom is 0.255 e. The molecule has 0 bridgehead atoms. The molecule has 1 amide bonds. The number of carbonyl (C=O) groups is 1. The van der Waals surface area contributed by atoms with Crippen molar-refractivity contribution in [2.45, 2.75) is 0 Å². The fourth-order valence-electron chi connectivity index (χ4n) is 1.57. The monoisotopic (exact) mass is 258 g/mol. The summed E-state index contributed by atoms with van der Waals surface area (Å²) in [5.74, 6) is -1.88. The Bertz CT molecular complexity index is 677. The Hall–Kier alpha value is -2.74. The van der Waals surface area contributed by atoms with E-state index in [-0.39, 0.29) is 16.8 Å². The highest BCUT2D eigenvalue weighted by molar-refractivity contribution is 6.04. The Kier molecular flexibility index (Phi) is 3.53. The number of anilines is 1. The predicted molar refractivity (Wildman–Crippen MR) is 65.5 cm³/mol. The van der Waals surface area contributed by atoms with Crippen LogP contribution in [0.25, 0.3) is 0 Å². The highest BCUT2D eigenvalue weighted by atomic mass is 19.1. The molecule has 94 valence electrons. The number of nitrogens with one attached hydrogen (secondary N) is 1. The van der Waals surface area contributed by atoms with E-state index in [1.54, 1.807) is 6.07 Å². The molecule has 3 nitrogen and oxygen atoms in total. The van der Waals surface area contributed by atoms with Crippen molar-refractivity contribution < 1.29 is 13.6 Å². The lowest BCUT2D eigenvalue weighted by Crippen LogP contribution is -2.13. The molecule has 19 heavy (non-hydrogen) atoms. The molecule has 2 aromatic rings. The van der Waals surface area contributed by atoms with E-state index < -0.39 is 17.5 Å². The summed E-state index contributed by atoms with van der Waals surface area (Å²) < 4.78 is 26.3. The van der Waals surface area contributed by atoms with Gasteiger partial charge in [0.1, 0.15) is 23.3 Å². The molecule has 0 fully saturated rings. The maximum atomic E-state index is 13.3. The van der Waals surface area contributed by atoms with Crippen LogP contribution in [0, 0.1) is 23.0 Å². The normalized spacial score (nSPS) is 9.74. The van der Waals surface area contributed by atoms with Gasteiger partial charge in [-0.25, -0.2) is 8.78 Å². The molecule has 0 aliphatic carbocycles. The fourth-order valence-corrected chi connectivity index (χ4v) is 1.57. The largest absolute Gasteiger partial charge is 0.321 e. The molecule has 2 aromatic carbocycles. The molecule has 0 saturated carbocycles. The van der Waals surface area contributed by atoms with Crippen LogP contribution >= 0.6 is 0 Å². The summed E-state index contributed by atoms with van der Waals surface area (Å²) in [6.45, 7) is 0. The van der Waals surface area contributed by atoms with Gasteiger partial charge in [0.2, 0.25) is 0 Å². The second-order valence-corrected chi connectivity index (χ2v) is 3.74. The lowest BCUT2D eigenvalue weighted by Gasteiger charge is -2.07. The van der Waals surface area contributed by atoms with Crippen molar-refractivity contribution >= 4 is 11.6 Å². The van der Waals surface area contributed by atoms with E-state index in [1.165, 1.54) is 30.3 Å². The molecular formula is C14H8F2N2O.